The third-order valence-electron chi connectivity index (χ3n) is 2.53. The molecule has 0 aliphatic rings. The molecule has 0 aliphatic carbocycles. The summed E-state index contributed by atoms with van der Waals surface area (Å²) in [6.45, 7) is 6.74. The van der Waals surface area contributed by atoms with Gasteiger partial charge in [0, 0.05) is 13.0 Å². The first-order valence-corrected chi connectivity index (χ1v) is 5.54. The second-order valence-corrected chi connectivity index (χ2v) is 3.87. The zero-order valence-corrected chi connectivity index (χ0v) is 9.55. The van der Waals surface area contributed by atoms with Crippen LogP contribution in [0, 0.1) is 5.92 Å². The number of aliphatic hydroxyl groups excluding tert-OH is 1. The Labute approximate surface area is 86.9 Å². The van der Waals surface area contributed by atoms with Crippen LogP contribution in [0.2, 0.25) is 0 Å². The van der Waals surface area contributed by atoms with Gasteiger partial charge in [-0.3, -0.25) is 4.79 Å². The highest BCUT2D eigenvalue weighted by atomic mass is 16.3. The number of hydrogen-bond acceptors (Lipinski definition) is 2. The van der Waals surface area contributed by atoms with E-state index in [2.05, 4.69) is 19.2 Å². The molecule has 0 saturated heterocycles. The number of aliphatic hydroxyl groups is 1. The van der Waals surface area contributed by atoms with Crippen LogP contribution in [0.25, 0.3) is 0 Å². The van der Waals surface area contributed by atoms with E-state index >= 15 is 0 Å². The van der Waals surface area contributed by atoms with E-state index in [0.717, 1.165) is 19.4 Å². The van der Waals surface area contributed by atoms with Gasteiger partial charge in [0.05, 0.1) is 6.10 Å². The summed E-state index contributed by atoms with van der Waals surface area (Å²) in [6, 6.07) is 0. The Kier molecular flexibility index (Phi) is 7.48. The van der Waals surface area contributed by atoms with Gasteiger partial charge in [0.15, 0.2) is 0 Å². The number of nitrogens with one attached hydrogen (secondary N) is 1. The van der Waals surface area contributed by atoms with E-state index in [1.165, 1.54) is 0 Å². The van der Waals surface area contributed by atoms with Gasteiger partial charge in [-0.25, -0.2) is 0 Å². The Hall–Kier alpha value is -0.570. The van der Waals surface area contributed by atoms with Gasteiger partial charge < -0.3 is 10.4 Å². The van der Waals surface area contributed by atoms with E-state index in [1.807, 2.05) is 0 Å². The first-order chi connectivity index (χ1) is 6.60. The largest absolute Gasteiger partial charge is 0.393 e. The van der Waals surface area contributed by atoms with Crippen LogP contribution < -0.4 is 5.32 Å². The molecule has 3 nitrogen and oxygen atoms in total. The third kappa shape index (κ3) is 6.89. The van der Waals surface area contributed by atoms with E-state index in [9.17, 15) is 4.79 Å². The van der Waals surface area contributed by atoms with Crippen molar-refractivity contribution in [2.24, 2.45) is 5.92 Å². The molecule has 0 aliphatic heterocycles. The Morgan fingerprint density at radius 2 is 1.93 bits per heavy atom. The minimum Gasteiger partial charge on any atom is -0.393 e. The molecule has 0 saturated carbocycles. The molecule has 0 aromatic rings. The van der Waals surface area contributed by atoms with Gasteiger partial charge >= 0.3 is 0 Å². The van der Waals surface area contributed by atoms with E-state index in [1.54, 1.807) is 6.92 Å². The summed E-state index contributed by atoms with van der Waals surface area (Å²) in [5, 5.41) is 11.9. The van der Waals surface area contributed by atoms with Crippen molar-refractivity contribution in [3.8, 4) is 0 Å². The summed E-state index contributed by atoms with van der Waals surface area (Å²) in [7, 11) is 0. The minimum atomic E-state index is -0.381. The summed E-state index contributed by atoms with van der Waals surface area (Å²) in [5.41, 5.74) is 0. The number of amides is 1. The summed E-state index contributed by atoms with van der Waals surface area (Å²) in [6.07, 6.45) is 2.81. The Morgan fingerprint density at radius 1 is 1.36 bits per heavy atom. The topological polar surface area (TPSA) is 49.3 Å². The molecule has 1 amide bonds. The standard InChI is InChI=1S/C11H23NO2/c1-4-10(5-2)8-12-11(14)7-6-9(3)13/h9-10,13H,4-8H2,1-3H3,(H,12,14). The fraction of sp³-hybridized carbons (Fsp3) is 0.909. The molecule has 0 bridgehead atoms. The molecule has 1 unspecified atom stereocenters. The molecule has 1 atom stereocenters. The third-order valence-corrected chi connectivity index (χ3v) is 2.53. The molecule has 0 aromatic heterocycles. The van der Waals surface area contributed by atoms with Crippen molar-refractivity contribution in [2.45, 2.75) is 52.6 Å². The maximum atomic E-state index is 11.3. The molecule has 14 heavy (non-hydrogen) atoms. The highest BCUT2D eigenvalue weighted by Crippen LogP contribution is 2.05. The Bertz CT molecular complexity index is 153. The van der Waals surface area contributed by atoms with Crippen LogP contribution in [0.1, 0.15) is 46.5 Å². The molecule has 0 spiro atoms. The second kappa shape index (κ2) is 7.80. The van der Waals surface area contributed by atoms with E-state index in [-0.39, 0.29) is 12.0 Å². The van der Waals surface area contributed by atoms with Crippen LogP contribution in [0.3, 0.4) is 0 Å². The molecule has 0 radical (unpaired) electrons. The lowest BCUT2D eigenvalue weighted by Crippen LogP contribution is -2.29. The SMILES string of the molecule is CCC(CC)CNC(=O)CCC(C)O. The molecule has 3 heteroatoms. The van der Waals surface area contributed by atoms with Crippen molar-refractivity contribution in [1.82, 2.24) is 5.32 Å². The van der Waals surface area contributed by atoms with Gasteiger partial charge in [0.1, 0.15) is 0 Å². The van der Waals surface area contributed by atoms with Crippen LogP contribution in [0.5, 0.6) is 0 Å². The van der Waals surface area contributed by atoms with Gasteiger partial charge in [-0.2, -0.15) is 0 Å². The monoisotopic (exact) mass is 201 g/mol. The molecule has 0 rings (SSSR count). The van der Waals surface area contributed by atoms with Crippen molar-refractivity contribution < 1.29 is 9.90 Å². The smallest absolute Gasteiger partial charge is 0.220 e. The average Bonchev–Trinajstić information content (AvgIpc) is 2.16. The highest BCUT2D eigenvalue weighted by Gasteiger charge is 2.07. The first-order valence-electron chi connectivity index (χ1n) is 5.54. The first kappa shape index (κ1) is 13.4. The van der Waals surface area contributed by atoms with Crippen LogP contribution in [-0.4, -0.2) is 23.7 Å². The molecule has 0 heterocycles. The number of hydrogen-bond donors (Lipinski definition) is 2. The van der Waals surface area contributed by atoms with E-state index in [0.29, 0.717) is 18.8 Å². The summed E-state index contributed by atoms with van der Waals surface area (Å²) in [4.78, 5) is 11.3. The fourth-order valence-electron chi connectivity index (χ4n) is 1.26. The molecule has 2 N–H and O–H groups in total. The highest BCUT2D eigenvalue weighted by molar-refractivity contribution is 5.75. The summed E-state index contributed by atoms with van der Waals surface area (Å²) in [5.74, 6) is 0.642. The van der Waals surface area contributed by atoms with Crippen molar-refractivity contribution in [1.29, 1.82) is 0 Å². The summed E-state index contributed by atoms with van der Waals surface area (Å²) >= 11 is 0. The minimum absolute atomic E-state index is 0.0535. The second-order valence-electron chi connectivity index (χ2n) is 3.87. The predicted octanol–water partition coefficient (Wildman–Crippen LogP) is 1.70. The van der Waals surface area contributed by atoms with E-state index < -0.39 is 0 Å². The van der Waals surface area contributed by atoms with Crippen molar-refractivity contribution in [2.75, 3.05) is 6.54 Å². The molecular formula is C11H23NO2. The zero-order chi connectivity index (χ0) is 11.0. The van der Waals surface area contributed by atoms with Crippen molar-refractivity contribution in [3.63, 3.8) is 0 Å². The lowest BCUT2D eigenvalue weighted by Gasteiger charge is -2.13. The number of rotatable bonds is 7. The number of carbonyl (C=O) groups is 1. The predicted molar refractivity (Wildman–Crippen MR) is 58.0 cm³/mol. The number of carbonyl (C=O) groups excluding carboxylic acids is 1. The maximum Gasteiger partial charge on any atom is 0.220 e. The van der Waals surface area contributed by atoms with Gasteiger partial charge in [-0.05, 0) is 19.3 Å². The maximum absolute atomic E-state index is 11.3. The van der Waals surface area contributed by atoms with Gasteiger partial charge in [-0.15, -0.1) is 0 Å². The molecule has 84 valence electrons. The lowest BCUT2D eigenvalue weighted by atomic mass is 10.0. The molecule has 0 aromatic carbocycles. The Balaban J connectivity index is 3.52. The van der Waals surface area contributed by atoms with Gasteiger partial charge in [0.25, 0.3) is 0 Å². The Morgan fingerprint density at radius 3 is 2.36 bits per heavy atom. The van der Waals surface area contributed by atoms with Crippen LogP contribution >= 0.6 is 0 Å². The van der Waals surface area contributed by atoms with Gasteiger partial charge in [-0.1, -0.05) is 26.7 Å². The van der Waals surface area contributed by atoms with Crippen LogP contribution in [0.15, 0.2) is 0 Å². The molecule has 0 fully saturated rings. The van der Waals surface area contributed by atoms with Crippen LogP contribution in [0.4, 0.5) is 0 Å². The average molecular weight is 201 g/mol. The quantitative estimate of drug-likeness (QED) is 0.658. The summed E-state index contributed by atoms with van der Waals surface area (Å²) < 4.78 is 0. The zero-order valence-electron chi connectivity index (χ0n) is 9.55. The normalized spacial score (nSPS) is 12.9. The van der Waals surface area contributed by atoms with Crippen LogP contribution in [-0.2, 0) is 4.79 Å². The van der Waals surface area contributed by atoms with E-state index in [4.69, 9.17) is 5.11 Å². The van der Waals surface area contributed by atoms with Crippen molar-refractivity contribution >= 4 is 5.91 Å². The van der Waals surface area contributed by atoms with Crippen molar-refractivity contribution in [3.05, 3.63) is 0 Å². The molecular weight excluding hydrogens is 178 g/mol. The fourth-order valence-corrected chi connectivity index (χ4v) is 1.26. The lowest BCUT2D eigenvalue weighted by molar-refractivity contribution is -0.121. The van der Waals surface area contributed by atoms with Gasteiger partial charge in [0.2, 0.25) is 5.91 Å².